The van der Waals surface area contributed by atoms with Crippen LogP contribution in [0.2, 0.25) is 0 Å². The lowest BCUT2D eigenvalue weighted by Crippen LogP contribution is -2.61. The van der Waals surface area contributed by atoms with Gasteiger partial charge in [0.25, 0.3) is 0 Å². The number of piperidine rings is 2. The third-order valence-corrected chi connectivity index (χ3v) is 5.06. The lowest BCUT2D eigenvalue weighted by atomic mass is 9.65. The molecule has 0 aromatic carbocycles. The molecule has 4 fully saturated rings. The SMILES string of the molecule is CC(C)C12CCC(CC1)CN2C1CC1. The fourth-order valence-electron chi connectivity index (χ4n) is 3.92. The molecule has 2 aliphatic carbocycles. The standard InChI is InChI=1S/C13H23N/c1-10(2)13-7-5-11(6-8-13)9-14(13)12-3-4-12/h10-12H,3-9H2,1-2H3. The molecule has 0 amide bonds. The zero-order valence-corrected chi connectivity index (χ0v) is 9.63. The monoisotopic (exact) mass is 193 g/mol. The van der Waals surface area contributed by atoms with Crippen molar-refractivity contribution in [2.75, 3.05) is 6.54 Å². The van der Waals surface area contributed by atoms with Gasteiger partial charge in [-0.3, -0.25) is 4.90 Å². The summed E-state index contributed by atoms with van der Waals surface area (Å²) in [7, 11) is 0. The van der Waals surface area contributed by atoms with Crippen molar-refractivity contribution in [1.82, 2.24) is 4.90 Å². The molecule has 2 aliphatic heterocycles. The third-order valence-electron chi connectivity index (χ3n) is 5.06. The van der Waals surface area contributed by atoms with Crippen LogP contribution in [-0.4, -0.2) is 23.0 Å². The molecular formula is C13H23N. The van der Waals surface area contributed by atoms with Gasteiger partial charge in [0, 0.05) is 18.1 Å². The van der Waals surface area contributed by atoms with Gasteiger partial charge < -0.3 is 0 Å². The second-order valence-corrected chi connectivity index (χ2v) is 6.09. The van der Waals surface area contributed by atoms with Gasteiger partial charge in [-0.1, -0.05) is 13.8 Å². The molecule has 2 saturated carbocycles. The molecule has 2 bridgehead atoms. The van der Waals surface area contributed by atoms with Crippen LogP contribution >= 0.6 is 0 Å². The van der Waals surface area contributed by atoms with Gasteiger partial charge in [0.1, 0.15) is 0 Å². The maximum atomic E-state index is 2.91. The summed E-state index contributed by atoms with van der Waals surface area (Å²) in [6.45, 7) is 6.32. The molecular weight excluding hydrogens is 170 g/mol. The van der Waals surface area contributed by atoms with Gasteiger partial charge in [-0.15, -0.1) is 0 Å². The molecule has 0 radical (unpaired) electrons. The molecule has 0 spiro atoms. The molecule has 0 N–H and O–H groups in total. The van der Waals surface area contributed by atoms with E-state index in [9.17, 15) is 0 Å². The van der Waals surface area contributed by atoms with Crippen LogP contribution in [0.15, 0.2) is 0 Å². The van der Waals surface area contributed by atoms with Crippen LogP contribution in [0.4, 0.5) is 0 Å². The number of rotatable bonds is 2. The first-order chi connectivity index (χ1) is 6.72. The quantitative estimate of drug-likeness (QED) is 0.651. The summed E-state index contributed by atoms with van der Waals surface area (Å²) in [6.07, 6.45) is 8.99. The normalized spacial score (nSPS) is 43.5. The lowest BCUT2D eigenvalue weighted by molar-refractivity contribution is -0.0692. The van der Waals surface area contributed by atoms with E-state index in [1.807, 2.05) is 0 Å². The van der Waals surface area contributed by atoms with Gasteiger partial charge in [-0.2, -0.15) is 0 Å². The van der Waals surface area contributed by atoms with Gasteiger partial charge in [-0.25, -0.2) is 0 Å². The van der Waals surface area contributed by atoms with Crippen molar-refractivity contribution in [1.29, 1.82) is 0 Å². The highest BCUT2D eigenvalue weighted by molar-refractivity contribution is 5.07. The molecule has 0 aromatic heterocycles. The van der Waals surface area contributed by atoms with Crippen LogP contribution in [-0.2, 0) is 0 Å². The maximum Gasteiger partial charge on any atom is 0.0235 e. The summed E-state index contributed by atoms with van der Waals surface area (Å²) < 4.78 is 0. The second kappa shape index (κ2) is 2.98. The summed E-state index contributed by atoms with van der Waals surface area (Å²) in [4.78, 5) is 2.91. The first-order valence-electron chi connectivity index (χ1n) is 6.49. The zero-order valence-electron chi connectivity index (χ0n) is 9.63. The van der Waals surface area contributed by atoms with E-state index >= 15 is 0 Å². The van der Waals surface area contributed by atoms with Crippen molar-refractivity contribution in [2.24, 2.45) is 11.8 Å². The Morgan fingerprint density at radius 2 is 1.71 bits per heavy atom. The first kappa shape index (κ1) is 9.21. The summed E-state index contributed by atoms with van der Waals surface area (Å²) in [6, 6.07) is 0.987. The molecule has 0 atom stereocenters. The summed E-state index contributed by atoms with van der Waals surface area (Å²) in [5.74, 6) is 1.92. The molecule has 2 saturated heterocycles. The Kier molecular flexibility index (Phi) is 1.96. The smallest absolute Gasteiger partial charge is 0.0235 e. The molecule has 1 heteroatoms. The van der Waals surface area contributed by atoms with Crippen molar-refractivity contribution in [3.63, 3.8) is 0 Å². The Hall–Kier alpha value is -0.0400. The maximum absolute atomic E-state index is 2.91. The van der Waals surface area contributed by atoms with E-state index in [1.54, 1.807) is 0 Å². The molecule has 1 nitrogen and oxygen atoms in total. The Bertz CT molecular complexity index is 221. The minimum Gasteiger partial charge on any atom is -0.294 e. The number of hydrogen-bond acceptors (Lipinski definition) is 1. The van der Waals surface area contributed by atoms with Crippen LogP contribution in [0.1, 0.15) is 52.4 Å². The highest BCUT2D eigenvalue weighted by atomic mass is 15.3. The molecule has 0 aromatic rings. The summed E-state index contributed by atoms with van der Waals surface area (Å²) in [5.41, 5.74) is 0.621. The topological polar surface area (TPSA) is 3.24 Å². The van der Waals surface area contributed by atoms with E-state index < -0.39 is 0 Å². The minimum absolute atomic E-state index is 0.621. The number of fused-ring (bicyclic) bond motifs is 3. The van der Waals surface area contributed by atoms with Crippen molar-refractivity contribution in [2.45, 2.75) is 64.0 Å². The van der Waals surface area contributed by atoms with E-state index in [0.717, 1.165) is 17.9 Å². The van der Waals surface area contributed by atoms with Crippen molar-refractivity contribution in [3.05, 3.63) is 0 Å². The molecule has 14 heavy (non-hydrogen) atoms. The average Bonchev–Trinajstić information content (AvgIpc) is 3.02. The van der Waals surface area contributed by atoms with Crippen molar-refractivity contribution < 1.29 is 0 Å². The molecule has 4 rings (SSSR count). The summed E-state index contributed by atoms with van der Waals surface area (Å²) >= 11 is 0. The van der Waals surface area contributed by atoms with Crippen LogP contribution < -0.4 is 0 Å². The van der Waals surface area contributed by atoms with Crippen LogP contribution in [0.25, 0.3) is 0 Å². The molecule has 0 unspecified atom stereocenters. The van der Waals surface area contributed by atoms with Gasteiger partial charge >= 0.3 is 0 Å². The molecule has 4 aliphatic rings. The number of nitrogens with zero attached hydrogens (tertiary/aromatic N) is 1. The van der Waals surface area contributed by atoms with E-state index in [1.165, 1.54) is 45.1 Å². The Balaban J connectivity index is 1.88. The number of hydrogen-bond donors (Lipinski definition) is 0. The minimum atomic E-state index is 0.621. The van der Waals surface area contributed by atoms with Crippen molar-refractivity contribution >= 4 is 0 Å². The third kappa shape index (κ3) is 1.18. The Morgan fingerprint density at radius 1 is 1.07 bits per heavy atom. The molecule has 80 valence electrons. The Labute approximate surface area is 87.9 Å². The van der Waals surface area contributed by atoms with Crippen LogP contribution in [0.3, 0.4) is 0 Å². The fraction of sp³-hybridized carbons (Fsp3) is 1.00. The summed E-state index contributed by atoms with van der Waals surface area (Å²) in [5, 5.41) is 0. The highest BCUT2D eigenvalue weighted by Crippen LogP contribution is 2.51. The van der Waals surface area contributed by atoms with Crippen LogP contribution in [0, 0.1) is 11.8 Å². The van der Waals surface area contributed by atoms with E-state index in [4.69, 9.17) is 0 Å². The highest BCUT2D eigenvalue weighted by Gasteiger charge is 2.52. The first-order valence-corrected chi connectivity index (χ1v) is 6.49. The van der Waals surface area contributed by atoms with E-state index in [0.29, 0.717) is 5.54 Å². The second-order valence-electron chi connectivity index (χ2n) is 6.09. The van der Waals surface area contributed by atoms with Gasteiger partial charge in [-0.05, 0) is 50.4 Å². The van der Waals surface area contributed by atoms with Gasteiger partial charge in [0.15, 0.2) is 0 Å². The predicted molar refractivity (Wildman–Crippen MR) is 59.3 cm³/mol. The molecule has 2 heterocycles. The zero-order chi connectivity index (χ0) is 9.76. The fourth-order valence-corrected chi connectivity index (χ4v) is 3.92. The lowest BCUT2D eigenvalue weighted by Gasteiger charge is -2.57. The van der Waals surface area contributed by atoms with Gasteiger partial charge in [0.2, 0.25) is 0 Å². The van der Waals surface area contributed by atoms with E-state index in [-0.39, 0.29) is 0 Å². The van der Waals surface area contributed by atoms with Crippen molar-refractivity contribution in [3.8, 4) is 0 Å². The average molecular weight is 193 g/mol. The van der Waals surface area contributed by atoms with E-state index in [2.05, 4.69) is 18.7 Å². The largest absolute Gasteiger partial charge is 0.294 e. The van der Waals surface area contributed by atoms with Gasteiger partial charge in [0.05, 0.1) is 0 Å². The predicted octanol–water partition coefficient (Wildman–Crippen LogP) is 3.05. The Morgan fingerprint density at radius 3 is 2.21 bits per heavy atom. The van der Waals surface area contributed by atoms with Crippen LogP contribution in [0.5, 0.6) is 0 Å².